The summed E-state index contributed by atoms with van der Waals surface area (Å²) >= 11 is 0. The molecule has 1 fully saturated rings. The highest BCUT2D eigenvalue weighted by Crippen LogP contribution is 2.18. The topological polar surface area (TPSA) is 36.9 Å². The van der Waals surface area contributed by atoms with Crippen molar-refractivity contribution in [2.75, 3.05) is 40.4 Å². The predicted molar refractivity (Wildman–Crippen MR) is 75.6 cm³/mol. The Labute approximate surface area is 111 Å². The molecule has 0 aromatic carbocycles. The van der Waals surface area contributed by atoms with Gasteiger partial charge >= 0.3 is 0 Å². The molecule has 0 amide bonds. The summed E-state index contributed by atoms with van der Waals surface area (Å²) in [5.41, 5.74) is 0. The van der Waals surface area contributed by atoms with Crippen molar-refractivity contribution in [3.63, 3.8) is 0 Å². The zero-order valence-electron chi connectivity index (χ0n) is 11.6. The molecule has 1 N–H and O–H groups in total. The average Bonchev–Trinajstić information content (AvgIpc) is 2.42. The fourth-order valence-electron chi connectivity index (χ4n) is 2.15. The molecule has 0 unspecified atom stereocenters. The predicted octanol–water partition coefficient (Wildman–Crippen LogP) is 1.33. The largest absolute Gasteiger partial charge is 0.381 e. The van der Waals surface area contributed by atoms with Crippen LogP contribution in [0.25, 0.3) is 0 Å². The number of hydrogen-bond acceptors (Lipinski definition) is 2. The number of nitrogens with zero attached hydrogens (tertiary/aromatic N) is 2. The van der Waals surface area contributed by atoms with Crippen LogP contribution in [0.2, 0.25) is 0 Å². The third kappa shape index (κ3) is 5.42. The highest BCUT2D eigenvalue weighted by molar-refractivity contribution is 5.79. The quantitative estimate of drug-likeness (QED) is 0.347. The third-order valence-electron chi connectivity index (χ3n) is 3.34. The van der Waals surface area contributed by atoms with E-state index in [2.05, 4.69) is 28.2 Å². The van der Waals surface area contributed by atoms with Crippen LogP contribution in [0.3, 0.4) is 0 Å². The molecule has 1 aliphatic rings. The Hall–Kier alpha value is -1.21. The van der Waals surface area contributed by atoms with Crippen molar-refractivity contribution in [1.29, 1.82) is 0 Å². The van der Waals surface area contributed by atoms with Crippen LogP contribution in [0, 0.1) is 18.3 Å². The average molecular weight is 251 g/mol. The first-order chi connectivity index (χ1) is 8.77. The van der Waals surface area contributed by atoms with E-state index >= 15 is 0 Å². The summed E-state index contributed by atoms with van der Waals surface area (Å²) in [6.45, 7) is 3.65. The highest BCUT2D eigenvalue weighted by atomic mass is 16.5. The Morgan fingerprint density at radius 2 is 2.22 bits per heavy atom. The van der Waals surface area contributed by atoms with Crippen LogP contribution in [0.15, 0.2) is 4.99 Å². The molecule has 0 aromatic heterocycles. The lowest BCUT2D eigenvalue weighted by Gasteiger charge is -2.26. The first-order valence-corrected chi connectivity index (χ1v) is 6.71. The first kappa shape index (κ1) is 14.8. The second-order valence-electron chi connectivity index (χ2n) is 4.69. The lowest BCUT2D eigenvalue weighted by atomic mass is 9.96. The van der Waals surface area contributed by atoms with E-state index < -0.39 is 0 Å². The highest BCUT2D eigenvalue weighted by Gasteiger charge is 2.15. The molecule has 0 saturated carbocycles. The molecule has 1 aliphatic heterocycles. The number of ether oxygens (including phenoxy) is 1. The van der Waals surface area contributed by atoms with E-state index in [-0.39, 0.29) is 0 Å². The minimum atomic E-state index is 0.729. The van der Waals surface area contributed by atoms with Crippen LogP contribution in [0.1, 0.15) is 25.7 Å². The van der Waals surface area contributed by atoms with E-state index in [1.165, 1.54) is 19.3 Å². The second kappa shape index (κ2) is 8.82. The second-order valence-corrected chi connectivity index (χ2v) is 4.69. The molecule has 0 spiro atoms. The van der Waals surface area contributed by atoms with E-state index in [0.29, 0.717) is 0 Å². The fourth-order valence-corrected chi connectivity index (χ4v) is 2.15. The number of aliphatic imine (C=N–C) groups is 1. The molecule has 4 nitrogen and oxygen atoms in total. The molecule has 0 bridgehead atoms. The molecule has 1 heterocycles. The molecule has 102 valence electrons. The van der Waals surface area contributed by atoms with Gasteiger partial charge in [0.1, 0.15) is 0 Å². The van der Waals surface area contributed by atoms with Gasteiger partial charge in [0.2, 0.25) is 0 Å². The lowest BCUT2D eigenvalue weighted by Crippen LogP contribution is -2.40. The number of rotatable bonds is 5. The summed E-state index contributed by atoms with van der Waals surface area (Å²) in [5.74, 6) is 4.34. The summed E-state index contributed by atoms with van der Waals surface area (Å²) in [4.78, 5) is 6.43. The van der Waals surface area contributed by atoms with Gasteiger partial charge in [-0.1, -0.05) is 0 Å². The minimum absolute atomic E-state index is 0.729. The minimum Gasteiger partial charge on any atom is -0.381 e. The Bertz CT molecular complexity index is 290. The summed E-state index contributed by atoms with van der Waals surface area (Å²) in [6.07, 6.45) is 9.55. The molecule has 1 saturated heterocycles. The van der Waals surface area contributed by atoms with E-state index in [9.17, 15) is 0 Å². The standard InChI is InChI=1S/C14H25N3O/c1-4-5-9-16-14(15-2)17(3)10-6-13-7-11-18-12-8-13/h1,13H,5-12H2,2-3H3,(H,15,16). The zero-order chi connectivity index (χ0) is 13.2. The summed E-state index contributed by atoms with van der Waals surface area (Å²) in [5, 5.41) is 3.27. The number of hydrogen-bond donors (Lipinski definition) is 1. The zero-order valence-corrected chi connectivity index (χ0v) is 11.6. The van der Waals surface area contributed by atoms with E-state index in [0.717, 1.165) is 44.6 Å². The normalized spacial score (nSPS) is 17.3. The molecule has 0 radical (unpaired) electrons. The van der Waals surface area contributed by atoms with Gasteiger partial charge in [0.15, 0.2) is 5.96 Å². The van der Waals surface area contributed by atoms with Crippen LogP contribution < -0.4 is 5.32 Å². The Balaban J connectivity index is 2.24. The Morgan fingerprint density at radius 1 is 1.50 bits per heavy atom. The van der Waals surface area contributed by atoms with Crippen molar-refractivity contribution in [2.24, 2.45) is 10.9 Å². The smallest absolute Gasteiger partial charge is 0.193 e. The van der Waals surface area contributed by atoms with Gasteiger partial charge in [-0.25, -0.2) is 0 Å². The number of terminal acetylenes is 1. The van der Waals surface area contributed by atoms with Gasteiger partial charge in [-0.3, -0.25) is 4.99 Å². The van der Waals surface area contributed by atoms with Gasteiger partial charge < -0.3 is 15.0 Å². The van der Waals surface area contributed by atoms with Crippen molar-refractivity contribution >= 4 is 5.96 Å². The van der Waals surface area contributed by atoms with E-state index in [1.54, 1.807) is 0 Å². The van der Waals surface area contributed by atoms with Crippen molar-refractivity contribution in [3.05, 3.63) is 0 Å². The number of guanidine groups is 1. The van der Waals surface area contributed by atoms with E-state index in [4.69, 9.17) is 11.2 Å². The Kier molecular flexibility index (Phi) is 7.28. The van der Waals surface area contributed by atoms with Crippen LogP contribution in [0.4, 0.5) is 0 Å². The van der Waals surface area contributed by atoms with Crippen LogP contribution in [-0.2, 0) is 4.74 Å². The SMILES string of the molecule is C#CCCNC(=NC)N(C)CCC1CCOCC1. The molecule has 4 heteroatoms. The molecular formula is C14H25N3O. The van der Waals surface area contributed by atoms with Crippen LogP contribution in [0.5, 0.6) is 0 Å². The summed E-state index contributed by atoms with van der Waals surface area (Å²) in [7, 11) is 3.88. The van der Waals surface area contributed by atoms with Crippen LogP contribution in [-0.4, -0.2) is 51.3 Å². The first-order valence-electron chi connectivity index (χ1n) is 6.71. The van der Waals surface area contributed by atoms with Gasteiger partial charge in [-0.05, 0) is 25.2 Å². The monoisotopic (exact) mass is 251 g/mol. The van der Waals surface area contributed by atoms with Crippen molar-refractivity contribution in [1.82, 2.24) is 10.2 Å². The van der Waals surface area contributed by atoms with Crippen molar-refractivity contribution in [2.45, 2.75) is 25.7 Å². The third-order valence-corrected chi connectivity index (χ3v) is 3.34. The Morgan fingerprint density at radius 3 is 2.83 bits per heavy atom. The van der Waals surface area contributed by atoms with Gasteiger partial charge in [0.25, 0.3) is 0 Å². The lowest BCUT2D eigenvalue weighted by molar-refractivity contribution is 0.0625. The van der Waals surface area contributed by atoms with Gasteiger partial charge in [-0.15, -0.1) is 12.3 Å². The molecule has 18 heavy (non-hydrogen) atoms. The van der Waals surface area contributed by atoms with Crippen molar-refractivity contribution in [3.8, 4) is 12.3 Å². The van der Waals surface area contributed by atoms with Crippen LogP contribution >= 0.6 is 0 Å². The maximum atomic E-state index is 5.37. The maximum Gasteiger partial charge on any atom is 0.193 e. The number of nitrogens with one attached hydrogen (secondary N) is 1. The molecule has 0 atom stereocenters. The fraction of sp³-hybridized carbons (Fsp3) is 0.786. The van der Waals surface area contributed by atoms with Gasteiger partial charge in [0.05, 0.1) is 0 Å². The van der Waals surface area contributed by atoms with Gasteiger partial charge in [-0.2, -0.15) is 0 Å². The molecule has 1 rings (SSSR count). The van der Waals surface area contributed by atoms with Crippen molar-refractivity contribution < 1.29 is 4.74 Å². The molecule has 0 aliphatic carbocycles. The summed E-state index contributed by atoms with van der Waals surface area (Å²) in [6, 6.07) is 0. The van der Waals surface area contributed by atoms with Gasteiger partial charge in [0, 0.05) is 46.8 Å². The molecular weight excluding hydrogens is 226 g/mol. The van der Waals surface area contributed by atoms with E-state index in [1.807, 2.05) is 7.05 Å². The molecule has 0 aromatic rings. The maximum absolute atomic E-state index is 5.37. The summed E-state index contributed by atoms with van der Waals surface area (Å²) < 4.78 is 5.37.